The molecule has 2 aromatic rings. The van der Waals surface area contributed by atoms with Crippen molar-refractivity contribution in [2.45, 2.75) is 38.3 Å². The minimum atomic E-state index is 0.813. The lowest BCUT2D eigenvalue weighted by atomic mass is 10.2. The van der Waals surface area contributed by atoms with Crippen LogP contribution in [0.15, 0.2) is 41.1 Å². The summed E-state index contributed by atoms with van der Waals surface area (Å²) in [7, 11) is 0. The van der Waals surface area contributed by atoms with E-state index in [1.165, 1.54) is 30.4 Å². The number of nitrogens with zero attached hydrogens (tertiary/aromatic N) is 2. The van der Waals surface area contributed by atoms with Gasteiger partial charge in [-0.05, 0) is 49.4 Å². The average molecular weight is 334 g/mol. The Bertz CT molecular complexity index is 560. The Kier molecular flexibility index (Phi) is 4.53. The van der Waals surface area contributed by atoms with Crippen molar-refractivity contribution in [1.82, 2.24) is 15.1 Å². The predicted molar refractivity (Wildman–Crippen MR) is 84.8 cm³/mol. The number of benzene rings is 1. The highest BCUT2D eigenvalue weighted by atomic mass is 79.9. The molecule has 0 spiro atoms. The van der Waals surface area contributed by atoms with Crippen LogP contribution in [0.4, 0.5) is 0 Å². The van der Waals surface area contributed by atoms with Gasteiger partial charge in [-0.1, -0.05) is 34.1 Å². The first-order valence-electron chi connectivity index (χ1n) is 7.29. The van der Waals surface area contributed by atoms with Crippen molar-refractivity contribution in [3.05, 3.63) is 52.3 Å². The Hall–Kier alpha value is -1.13. The molecule has 3 nitrogen and oxygen atoms in total. The van der Waals surface area contributed by atoms with Gasteiger partial charge in [-0.25, -0.2) is 0 Å². The van der Waals surface area contributed by atoms with Gasteiger partial charge in [-0.2, -0.15) is 5.10 Å². The highest BCUT2D eigenvalue weighted by Crippen LogP contribution is 2.19. The molecule has 1 saturated carbocycles. The third kappa shape index (κ3) is 3.93. The van der Waals surface area contributed by atoms with Crippen molar-refractivity contribution < 1.29 is 0 Å². The number of rotatable bonds is 7. The van der Waals surface area contributed by atoms with E-state index in [0.717, 1.165) is 30.0 Å². The molecule has 1 aromatic heterocycles. The molecule has 0 saturated heterocycles. The molecule has 0 bridgehead atoms. The van der Waals surface area contributed by atoms with E-state index in [9.17, 15) is 0 Å². The van der Waals surface area contributed by atoms with E-state index in [4.69, 9.17) is 0 Å². The summed E-state index contributed by atoms with van der Waals surface area (Å²) in [6, 6.07) is 9.12. The number of halogens is 1. The SMILES string of the molecule is Brc1ccccc1Cn1cc(CCCNC2CC2)cn1. The van der Waals surface area contributed by atoms with Crippen LogP contribution < -0.4 is 5.32 Å². The number of hydrogen-bond donors (Lipinski definition) is 1. The topological polar surface area (TPSA) is 29.9 Å². The standard InChI is InChI=1S/C16H20BrN3/c17-16-6-2-1-5-14(16)12-20-11-13(10-19-20)4-3-9-18-15-7-8-15/h1-2,5-6,10-11,15,18H,3-4,7-9,12H2. The average Bonchev–Trinajstić information content (AvgIpc) is 3.17. The molecule has 3 rings (SSSR count). The molecule has 0 atom stereocenters. The van der Waals surface area contributed by atoms with Gasteiger partial charge in [0.1, 0.15) is 0 Å². The zero-order valence-electron chi connectivity index (χ0n) is 11.6. The molecule has 4 heteroatoms. The molecule has 1 fully saturated rings. The molecule has 0 radical (unpaired) electrons. The summed E-state index contributed by atoms with van der Waals surface area (Å²) in [6.07, 6.45) is 9.19. The van der Waals surface area contributed by atoms with Crippen molar-refractivity contribution in [1.29, 1.82) is 0 Å². The fourth-order valence-corrected chi connectivity index (χ4v) is 2.72. The largest absolute Gasteiger partial charge is 0.314 e. The van der Waals surface area contributed by atoms with E-state index in [0.29, 0.717) is 0 Å². The number of nitrogens with one attached hydrogen (secondary N) is 1. The summed E-state index contributed by atoms with van der Waals surface area (Å²) in [5.74, 6) is 0. The lowest BCUT2D eigenvalue weighted by Crippen LogP contribution is -2.17. The highest BCUT2D eigenvalue weighted by Gasteiger charge is 2.19. The first kappa shape index (κ1) is 13.8. The lowest BCUT2D eigenvalue weighted by molar-refractivity contribution is 0.644. The van der Waals surface area contributed by atoms with Crippen LogP contribution in [0, 0.1) is 0 Å². The normalized spacial score (nSPS) is 14.7. The Balaban J connectivity index is 1.49. The number of aryl methyl sites for hydroxylation is 1. The molecular weight excluding hydrogens is 314 g/mol. The number of aromatic nitrogens is 2. The monoisotopic (exact) mass is 333 g/mol. The minimum absolute atomic E-state index is 0.813. The van der Waals surface area contributed by atoms with Crippen molar-refractivity contribution >= 4 is 15.9 Å². The van der Waals surface area contributed by atoms with Crippen molar-refractivity contribution in [2.24, 2.45) is 0 Å². The van der Waals surface area contributed by atoms with E-state index in [-0.39, 0.29) is 0 Å². The molecule has 1 aromatic carbocycles. The summed E-state index contributed by atoms with van der Waals surface area (Å²) < 4.78 is 3.16. The van der Waals surface area contributed by atoms with Gasteiger partial charge in [-0.3, -0.25) is 4.68 Å². The van der Waals surface area contributed by atoms with Crippen molar-refractivity contribution in [2.75, 3.05) is 6.54 Å². The van der Waals surface area contributed by atoms with Crippen LogP contribution in [-0.2, 0) is 13.0 Å². The van der Waals surface area contributed by atoms with Gasteiger partial charge in [0.15, 0.2) is 0 Å². The van der Waals surface area contributed by atoms with E-state index >= 15 is 0 Å². The van der Waals surface area contributed by atoms with Crippen LogP contribution in [0.2, 0.25) is 0 Å². The Morgan fingerprint density at radius 1 is 1.30 bits per heavy atom. The lowest BCUT2D eigenvalue weighted by Gasteiger charge is -2.04. The quantitative estimate of drug-likeness (QED) is 0.787. The molecule has 106 valence electrons. The first-order valence-corrected chi connectivity index (χ1v) is 8.09. The summed E-state index contributed by atoms with van der Waals surface area (Å²) in [4.78, 5) is 0. The summed E-state index contributed by atoms with van der Waals surface area (Å²) in [6.45, 7) is 1.95. The molecule has 0 unspecified atom stereocenters. The molecule has 1 aliphatic rings. The maximum Gasteiger partial charge on any atom is 0.0670 e. The zero-order valence-corrected chi connectivity index (χ0v) is 13.1. The zero-order chi connectivity index (χ0) is 13.8. The Morgan fingerprint density at radius 3 is 2.95 bits per heavy atom. The molecule has 20 heavy (non-hydrogen) atoms. The fraction of sp³-hybridized carbons (Fsp3) is 0.438. The maximum atomic E-state index is 4.45. The van der Waals surface area contributed by atoms with Gasteiger partial charge < -0.3 is 5.32 Å². The van der Waals surface area contributed by atoms with Gasteiger partial charge in [0, 0.05) is 16.7 Å². The molecule has 1 aliphatic carbocycles. The summed E-state index contributed by atoms with van der Waals surface area (Å²) in [5, 5.41) is 8.00. The van der Waals surface area contributed by atoms with Gasteiger partial charge in [0.25, 0.3) is 0 Å². The third-order valence-corrected chi connectivity index (χ3v) is 4.40. The van der Waals surface area contributed by atoms with Gasteiger partial charge in [0.2, 0.25) is 0 Å². The highest BCUT2D eigenvalue weighted by molar-refractivity contribution is 9.10. The van der Waals surface area contributed by atoms with Crippen molar-refractivity contribution in [3.63, 3.8) is 0 Å². The third-order valence-electron chi connectivity index (χ3n) is 3.63. The van der Waals surface area contributed by atoms with E-state index in [2.05, 4.69) is 50.7 Å². The maximum absolute atomic E-state index is 4.45. The Morgan fingerprint density at radius 2 is 2.15 bits per heavy atom. The van der Waals surface area contributed by atoms with Gasteiger partial charge in [-0.15, -0.1) is 0 Å². The number of hydrogen-bond acceptors (Lipinski definition) is 2. The van der Waals surface area contributed by atoms with Crippen LogP contribution in [0.25, 0.3) is 0 Å². The molecular formula is C16H20BrN3. The molecule has 0 amide bonds. The van der Waals surface area contributed by atoms with Crippen molar-refractivity contribution in [3.8, 4) is 0 Å². The molecule has 1 heterocycles. The van der Waals surface area contributed by atoms with Crippen LogP contribution in [0.5, 0.6) is 0 Å². The minimum Gasteiger partial charge on any atom is -0.314 e. The second-order valence-electron chi connectivity index (χ2n) is 5.47. The van der Waals surface area contributed by atoms with Crippen LogP contribution in [0.3, 0.4) is 0 Å². The Labute approximate surface area is 128 Å². The van der Waals surface area contributed by atoms with Crippen LogP contribution in [0.1, 0.15) is 30.4 Å². The van der Waals surface area contributed by atoms with E-state index in [1.807, 2.05) is 16.9 Å². The summed E-state index contributed by atoms with van der Waals surface area (Å²) >= 11 is 3.58. The second kappa shape index (κ2) is 6.55. The van der Waals surface area contributed by atoms with E-state index in [1.54, 1.807) is 0 Å². The fourth-order valence-electron chi connectivity index (χ4n) is 2.31. The smallest absolute Gasteiger partial charge is 0.0670 e. The van der Waals surface area contributed by atoms with Crippen LogP contribution in [-0.4, -0.2) is 22.4 Å². The van der Waals surface area contributed by atoms with E-state index < -0.39 is 0 Å². The second-order valence-corrected chi connectivity index (χ2v) is 6.32. The van der Waals surface area contributed by atoms with Gasteiger partial charge in [0.05, 0.1) is 12.7 Å². The summed E-state index contributed by atoms with van der Waals surface area (Å²) in [5.41, 5.74) is 2.59. The van der Waals surface area contributed by atoms with Gasteiger partial charge >= 0.3 is 0 Å². The first-order chi connectivity index (χ1) is 9.81. The molecule has 0 aliphatic heterocycles. The molecule has 1 N–H and O–H groups in total. The predicted octanol–water partition coefficient (Wildman–Crippen LogP) is 3.38. The van der Waals surface area contributed by atoms with Crippen LogP contribution >= 0.6 is 15.9 Å².